The van der Waals surface area contributed by atoms with Crippen LogP contribution in [0.15, 0.2) is 35.3 Å². The lowest BCUT2D eigenvalue weighted by Gasteiger charge is -2.13. The standard InChI is InChI=1S/C18H27N5/c1-13(2)11-20-18(19-5)21-12-17-14(3)22-23(15(17)4)16-9-7-6-8-10-16/h6-10,13H,11-12H2,1-5H3,(H2,19,20,21). The Balaban J connectivity index is 2.11. The van der Waals surface area contributed by atoms with E-state index in [2.05, 4.69) is 53.6 Å². The molecule has 0 unspecified atom stereocenters. The number of hydrogen-bond donors (Lipinski definition) is 2. The topological polar surface area (TPSA) is 54.2 Å². The fourth-order valence-electron chi connectivity index (χ4n) is 2.44. The quantitative estimate of drug-likeness (QED) is 0.659. The highest BCUT2D eigenvalue weighted by Gasteiger charge is 2.13. The summed E-state index contributed by atoms with van der Waals surface area (Å²) in [5.74, 6) is 1.41. The number of benzene rings is 1. The van der Waals surface area contributed by atoms with E-state index in [9.17, 15) is 0 Å². The van der Waals surface area contributed by atoms with Crippen molar-refractivity contribution in [1.29, 1.82) is 0 Å². The van der Waals surface area contributed by atoms with Crippen molar-refractivity contribution in [1.82, 2.24) is 20.4 Å². The molecule has 1 aromatic heterocycles. The molecule has 0 spiro atoms. The first-order valence-corrected chi connectivity index (χ1v) is 8.08. The van der Waals surface area contributed by atoms with E-state index in [0.29, 0.717) is 12.5 Å². The highest BCUT2D eigenvalue weighted by Crippen LogP contribution is 2.17. The van der Waals surface area contributed by atoms with Gasteiger partial charge >= 0.3 is 0 Å². The highest BCUT2D eigenvalue weighted by atomic mass is 15.3. The third-order valence-corrected chi connectivity index (χ3v) is 3.78. The number of guanidine groups is 1. The van der Waals surface area contributed by atoms with Crippen LogP contribution in [0.1, 0.15) is 30.8 Å². The molecule has 0 aliphatic carbocycles. The third kappa shape index (κ3) is 4.34. The van der Waals surface area contributed by atoms with Crippen LogP contribution in [0, 0.1) is 19.8 Å². The summed E-state index contributed by atoms with van der Waals surface area (Å²) in [7, 11) is 1.79. The lowest BCUT2D eigenvalue weighted by atomic mass is 10.2. The molecule has 0 saturated heterocycles. The molecule has 5 heteroatoms. The van der Waals surface area contributed by atoms with Crippen LogP contribution in [-0.4, -0.2) is 29.3 Å². The van der Waals surface area contributed by atoms with Gasteiger partial charge in [0.2, 0.25) is 0 Å². The van der Waals surface area contributed by atoms with Crippen LogP contribution >= 0.6 is 0 Å². The Labute approximate surface area is 138 Å². The average Bonchev–Trinajstić information content (AvgIpc) is 2.83. The fraction of sp³-hybridized carbons (Fsp3) is 0.444. The predicted octanol–water partition coefficient (Wildman–Crippen LogP) is 2.81. The number of nitrogens with zero attached hydrogens (tertiary/aromatic N) is 3. The van der Waals surface area contributed by atoms with E-state index in [1.54, 1.807) is 7.05 Å². The van der Waals surface area contributed by atoms with Gasteiger partial charge in [0.15, 0.2) is 5.96 Å². The summed E-state index contributed by atoms with van der Waals surface area (Å²) < 4.78 is 2.00. The van der Waals surface area contributed by atoms with Gasteiger partial charge in [-0.3, -0.25) is 4.99 Å². The molecule has 1 aromatic carbocycles. The maximum absolute atomic E-state index is 4.67. The monoisotopic (exact) mass is 313 g/mol. The van der Waals surface area contributed by atoms with Gasteiger partial charge in [0.25, 0.3) is 0 Å². The van der Waals surface area contributed by atoms with Gasteiger partial charge in [-0.15, -0.1) is 0 Å². The van der Waals surface area contributed by atoms with Crippen molar-refractivity contribution >= 4 is 5.96 Å². The molecule has 0 radical (unpaired) electrons. The first-order chi connectivity index (χ1) is 11.0. The first kappa shape index (κ1) is 17.1. The van der Waals surface area contributed by atoms with E-state index in [1.807, 2.05) is 29.8 Å². The molecule has 0 bridgehead atoms. The molecular weight excluding hydrogens is 286 g/mol. The van der Waals surface area contributed by atoms with Crippen LogP contribution in [-0.2, 0) is 6.54 Å². The number of rotatable bonds is 5. The maximum Gasteiger partial charge on any atom is 0.191 e. The van der Waals surface area contributed by atoms with Crippen molar-refractivity contribution in [2.45, 2.75) is 34.2 Å². The van der Waals surface area contributed by atoms with Gasteiger partial charge in [0.05, 0.1) is 11.4 Å². The van der Waals surface area contributed by atoms with E-state index in [4.69, 9.17) is 0 Å². The summed E-state index contributed by atoms with van der Waals surface area (Å²) in [6, 6.07) is 10.2. The first-order valence-electron chi connectivity index (χ1n) is 8.08. The van der Waals surface area contributed by atoms with E-state index >= 15 is 0 Å². The SMILES string of the molecule is CN=C(NCc1c(C)nn(-c2ccccc2)c1C)NCC(C)C. The van der Waals surface area contributed by atoms with Gasteiger partial charge in [-0.1, -0.05) is 32.0 Å². The number of aliphatic imine (C=N–C) groups is 1. The van der Waals surface area contributed by atoms with Crippen molar-refractivity contribution in [3.05, 3.63) is 47.3 Å². The van der Waals surface area contributed by atoms with Gasteiger partial charge in [-0.2, -0.15) is 5.10 Å². The zero-order valence-electron chi connectivity index (χ0n) is 14.7. The number of hydrogen-bond acceptors (Lipinski definition) is 2. The Bertz CT molecular complexity index is 656. The molecule has 0 amide bonds. The molecule has 0 aliphatic heterocycles. The van der Waals surface area contributed by atoms with Crippen LogP contribution in [0.2, 0.25) is 0 Å². The zero-order valence-corrected chi connectivity index (χ0v) is 14.7. The molecule has 2 rings (SSSR count). The third-order valence-electron chi connectivity index (χ3n) is 3.78. The predicted molar refractivity (Wildman–Crippen MR) is 96.1 cm³/mol. The van der Waals surface area contributed by atoms with Gasteiger partial charge in [-0.25, -0.2) is 4.68 Å². The second-order valence-corrected chi connectivity index (χ2v) is 6.10. The average molecular weight is 313 g/mol. The molecule has 2 aromatic rings. The Morgan fingerprint density at radius 3 is 2.48 bits per heavy atom. The van der Waals surface area contributed by atoms with E-state index in [1.165, 1.54) is 5.56 Å². The molecule has 0 aliphatic rings. The van der Waals surface area contributed by atoms with Gasteiger partial charge in [0, 0.05) is 31.4 Å². The Hall–Kier alpha value is -2.30. The number of aryl methyl sites for hydroxylation is 1. The van der Waals surface area contributed by atoms with E-state index < -0.39 is 0 Å². The van der Waals surface area contributed by atoms with Crippen molar-refractivity contribution in [2.75, 3.05) is 13.6 Å². The second-order valence-electron chi connectivity index (χ2n) is 6.10. The normalized spacial score (nSPS) is 11.8. The summed E-state index contributed by atoms with van der Waals surface area (Å²) in [6.07, 6.45) is 0. The Morgan fingerprint density at radius 1 is 1.17 bits per heavy atom. The van der Waals surface area contributed by atoms with Crippen LogP contribution in [0.25, 0.3) is 5.69 Å². The molecular formula is C18H27N5. The minimum atomic E-state index is 0.581. The van der Waals surface area contributed by atoms with Crippen LogP contribution < -0.4 is 10.6 Å². The summed E-state index contributed by atoms with van der Waals surface area (Å²) >= 11 is 0. The molecule has 124 valence electrons. The summed E-state index contributed by atoms with van der Waals surface area (Å²) in [5, 5.41) is 11.4. The lowest BCUT2D eigenvalue weighted by Crippen LogP contribution is -2.38. The van der Waals surface area contributed by atoms with Crippen molar-refractivity contribution in [3.63, 3.8) is 0 Å². The van der Waals surface area contributed by atoms with Gasteiger partial charge in [-0.05, 0) is 31.9 Å². The maximum atomic E-state index is 4.67. The molecule has 2 N–H and O–H groups in total. The van der Waals surface area contributed by atoms with E-state index in [0.717, 1.165) is 29.6 Å². The number of nitrogens with one attached hydrogen (secondary N) is 2. The molecule has 5 nitrogen and oxygen atoms in total. The van der Waals surface area contributed by atoms with Crippen LogP contribution in [0.5, 0.6) is 0 Å². The highest BCUT2D eigenvalue weighted by molar-refractivity contribution is 5.79. The summed E-state index contributed by atoms with van der Waals surface area (Å²) in [6.45, 7) is 10.1. The van der Waals surface area contributed by atoms with Crippen LogP contribution in [0.4, 0.5) is 0 Å². The smallest absolute Gasteiger partial charge is 0.191 e. The minimum Gasteiger partial charge on any atom is -0.356 e. The Morgan fingerprint density at radius 2 is 1.87 bits per heavy atom. The Kier molecular flexibility index (Phi) is 5.79. The number of para-hydroxylation sites is 1. The van der Waals surface area contributed by atoms with E-state index in [-0.39, 0.29) is 0 Å². The lowest BCUT2D eigenvalue weighted by molar-refractivity contribution is 0.614. The molecule has 0 fully saturated rings. The number of aromatic nitrogens is 2. The van der Waals surface area contributed by atoms with Crippen molar-refractivity contribution in [3.8, 4) is 5.69 Å². The minimum absolute atomic E-state index is 0.581. The summed E-state index contributed by atoms with van der Waals surface area (Å²) in [5.41, 5.74) is 4.49. The molecule has 0 atom stereocenters. The largest absolute Gasteiger partial charge is 0.356 e. The zero-order chi connectivity index (χ0) is 16.8. The van der Waals surface area contributed by atoms with Gasteiger partial charge < -0.3 is 10.6 Å². The fourth-order valence-corrected chi connectivity index (χ4v) is 2.44. The molecule has 0 saturated carbocycles. The van der Waals surface area contributed by atoms with Crippen molar-refractivity contribution in [2.24, 2.45) is 10.9 Å². The molecule has 1 heterocycles. The van der Waals surface area contributed by atoms with Gasteiger partial charge in [0.1, 0.15) is 0 Å². The van der Waals surface area contributed by atoms with Crippen molar-refractivity contribution < 1.29 is 0 Å². The second kappa shape index (κ2) is 7.81. The summed E-state index contributed by atoms with van der Waals surface area (Å²) in [4.78, 5) is 4.27. The van der Waals surface area contributed by atoms with Crippen LogP contribution in [0.3, 0.4) is 0 Å². The molecule has 23 heavy (non-hydrogen) atoms.